The van der Waals surface area contributed by atoms with E-state index in [2.05, 4.69) is 6.92 Å². The van der Waals surface area contributed by atoms with E-state index in [-0.39, 0.29) is 5.91 Å². The van der Waals surface area contributed by atoms with Crippen LogP contribution in [0, 0.1) is 12.8 Å². The second kappa shape index (κ2) is 6.33. The number of carbonyl (C=O) groups excluding carboxylic acids is 1. The normalized spacial score (nSPS) is 19.5. The molecule has 0 radical (unpaired) electrons. The van der Waals surface area contributed by atoms with Gasteiger partial charge in [0, 0.05) is 23.7 Å². The lowest BCUT2D eigenvalue weighted by Gasteiger charge is -2.30. The van der Waals surface area contributed by atoms with E-state index in [0.29, 0.717) is 11.7 Å². The molecule has 4 heteroatoms. The Bertz CT molecular complexity index is 461. The minimum Gasteiger partial charge on any atom is -0.398 e. The molecule has 1 amide bonds. The number of nitrogen functional groups attached to an aromatic ring is 1. The summed E-state index contributed by atoms with van der Waals surface area (Å²) >= 11 is 1.54. The highest BCUT2D eigenvalue weighted by molar-refractivity contribution is 8.00. The van der Waals surface area contributed by atoms with Gasteiger partial charge in [-0.25, -0.2) is 0 Å². The van der Waals surface area contributed by atoms with E-state index in [1.165, 1.54) is 6.42 Å². The first kappa shape index (κ1) is 14.3. The highest BCUT2D eigenvalue weighted by Crippen LogP contribution is 2.26. The molecule has 104 valence electrons. The third-order valence-electron chi connectivity index (χ3n) is 3.53. The zero-order valence-corrected chi connectivity index (χ0v) is 12.5. The Balaban J connectivity index is 1.89. The highest BCUT2D eigenvalue weighted by atomic mass is 32.2. The van der Waals surface area contributed by atoms with Crippen molar-refractivity contribution in [2.24, 2.45) is 5.92 Å². The fraction of sp³-hybridized carbons (Fsp3) is 0.533. The van der Waals surface area contributed by atoms with Gasteiger partial charge in [-0.05, 0) is 43.4 Å². The summed E-state index contributed by atoms with van der Waals surface area (Å²) in [5, 5.41) is 0. The Morgan fingerprint density at radius 1 is 1.53 bits per heavy atom. The van der Waals surface area contributed by atoms with E-state index in [4.69, 9.17) is 5.73 Å². The van der Waals surface area contributed by atoms with Crippen LogP contribution in [-0.2, 0) is 4.79 Å². The molecule has 0 aromatic heterocycles. The first-order valence-corrected chi connectivity index (χ1v) is 7.81. The highest BCUT2D eigenvalue weighted by Gasteiger charge is 2.20. The molecule has 2 rings (SSSR count). The van der Waals surface area contributed by atoms with Crippen LogP contribution in [0.2, 0.25) is 0 Å². The van der Waals surface area contributed by atoms with Crippen molar-refractivity contribution in [1.29, 1.82) is 0 Å². The van der Waals surface area contributed by atoms with Crippen LogP contribution in [0.3, 0.4) is 0 Å². The number of piperidine rings is 1. The summed E-state index contributed by atoms with van der Waals surface area (Å²) in [7, 11) is 0. The number of rotatable bonds is 3. The zero-order valence-electron chi connectivity index (χ0n) is 11.7. The largest absolute Gasteiger partial charge is 0.398 e. The number of hydrogen-bond acceptors (Lipinski definition) is 3. The minimum absolute atomic E-state index is 0.233. The van der Waals surface area contributed by atoms with Gasteiger partial charge in [-0.2, -0.15) is 0 Å². The van der Waals surface area contributed by atoms with Gasteiger partial charge in [-0.1, -0.05) is 13.0 Å². The maximum absolute atomic E-state index is 12.2. The molecule has 0 spiro atoms. The fourth-order valence-corrected chi connectivity index (χ4v) is 3.30. The van der Waals surface area contributed by atoms with E-state index in [1.807, 2.05) is 30.0 Å². The van der Waals surface area contributed by atoms with Crippen molar-refractivity contribution in [3.63, 3.8) is 0 Å². The molecule has 0 saturated carbocycles. The number of likely N-dealkylation sites (tertiary alicyclic amines) is 1. The minimum atomic E-state index is 0.233. The van der Waals surface area contributed by atoms with Gasteiger partial charge in [0.2, 0.25) is 5.91 Å². The van der Waals surface area contributed by atoms with Crippen molar-refractivity contribution in [3.8, 4) is 0 Å². The predicted molar refractivity (Wildman–Crippen MR) is 81.3 cm³/mol. The summed E-state index contributed by atoms with van der Waals surface area (Å²) in [6.45, 7) is 6.05. The van der Waals surface area contributed by atoms with Gasteiger partial charge >= 0.3 is 0 Å². The lowest BCUT2D eigenvalue weighted by molar-refractivity contribution is -0.130. The second-order valence-corrected chi connectivity index (χ2v) is 6.43. The van der Waals surface area contributed by atoms with Crippen LogP contribution in [0.1, 0.15) is 25.3 Å². The average Bonchev–Trinajstić information content (AvgIpc) is 2.37. The van der Waals surface area contributed by atoms with Crippen LogP contribution in [0.25, 0.3) is 0 Å². The van der Waals surface area contributed by atoms with Gasteiger partial charge in [0.25, 0.3) is 0 Å². The van der Waals surface area contributed by atoms with Crippen molar-refractivity contribution >= 4 is 23.4 Å². The number of carbonyl (C=O) groups is 1. The van der Waals surface area contributed by atoms with Gasteiger partial charge in [0.1, 0.15) is 0 Å². The number of amides is 1. The Morgan fingerprint density at radius 2 is 2.32 bits per heavy atom. The lowest BCUT2D eigenvalue weighted by atomic mass is 10.0. The number of benzene rings is 1. The van der Waals surface area contributed by atoms with Gasteiger partial charge in [0.15, 0.2) is 0 Å². The smallest absolute Gasteiger partial charge is 0.232 e. The van der Waals surface area contributed by atoms with Crippen molar-refractivity contribution in [2.45, 2.75) is 31.6 Å². The Kier molecular flexibility index (Phi) is 4.75. The van der Waals surface area contributed by atoms with Crippen molar-refractivity contribution in [2.75, 3.05) is 24.6 Å². The van der Waals surface area contributed by atoms with Crippen molar-refractivity contribution < 1.29 is 4.79 Å². The number of hydrogen-bond donors (Lipinski definition) is 1. The molecule has 1 saturated heterocycles. The monoisotopic (exact) mass is 278 g/mol. The van der Waals surface area contributed by atoms with Crippen LogP contribution >= 0.6 is 11.8 Å². The predicted octanol–water partition coefficient (Wildman–Crippen LogP) is 2.93. The summed E-state index contributed by atoms with van der Waals surface area (Å²) < 4.78 is 0. The van der Waals surface area contributed by atoms with Crippen LogP contribution in [0.15, 0.2) is 23.1 Å². The Hall–Kier alpha value is -1.16. The SMILES string of the molecule is Cc1ccc(SCC(=O)N2CCCC(C)C2)c(N)c1. The number of nitrogens with zero attached hydrogens (tertiary/aromatic N) is 1. The maximum atomic E-state index is 12.2. The molecule has 19 heavy (non-hydrogen) atoms. The first-order chi connectivity index (χ1) is 9.06. The molecule has 1 aromatic rings. The average molecular weight is 278 g/mol. The number of nitrogens with two attached hydrogens (primary N) is 1. The van der Waals surface area contributed by atoms with E-state index in [1.54, 1.807) is 11.8 Å². The van der Waals surface area contributed by atoms with Crippen LogP contribution in [0.5, 0.6) is 0 Å². The molecule has 1 heterocycles. The molecule has 0 aliphatic carbocycles. The molecule has 1 fully saturated rings. The topological polar surface area (TPSA) is 46.3 Å². The van der Waals surface area contributed by atoms with E-state index in [9.17, 15) is 4.79 Å². The molecule has 0 bridgehead atoms. The third kappa shape index (κ3) is 3.90. The second-order valence-electron chi connectivity index (χ2n) is 5.42. The molecule has 1 aliphatic heterocycles. The van der Waals surface area contributed by atoms with Gasteiger partial charge < -0.3 is 10.6 Å². The van der Waals surface area contributed by atoms with Gasteiger partial charge in [-0.3, -0.25) is 4.79 Å². The number of thioether (sulfide) groups is 1. The molecule has 1 aromatic carbocycles. The number of anilines is 1. The molecule has 1 unspecified atom stereocenters. The molecular formula is C15H22N2OS. The van der Waals surface area contributed by atoms with Gasteiger partial charge in [0.05, 0.1) is 5.75 Å². The van der Waals surface area contributed by atoms with Crippen molar-refractivity contribution in [3.05, 3.63) is 23.8 Å². The van der Waals surface area contributed by atoms with Crippen LogP contribution in [0.4, 0.5) is 5.69 Å². The number of aryl methyl sites for hydroxylation is 1. The van der Waals surface area contributed by atoms with E-state index < -0.39 is 0 Å². The maximum Gasteiger partial charge on any atom is 0.232 e. The summed E-state index contributed by atoms with van der Waals surface area (Å²) in [6, 6.07) is 5.99. The molecule has 1 aliphatic rings. The van der Waals surface area contributed by atoms with E-state index in [0.717, 1.165) is 35.7 Å². The fourth-order valence-electron chi connectivity index (χ4n) is 2.45. The molecular weight excluding hydrogens is 256 g/mol. The van der Waals surface area contributed by atoms with Crippen LogP contribution < -0.4 is 5.73 Å². The Morgan fingerprint density at radius 3 is 3.00 bits per heavy atom. The standard InChI is InChI=1S/C15H22N2OS/c1-11-5-6-14(13(16)8-11)19-10-15(18)17-7-3-4-12(2)9-17/h5-6,8,12H,3-4,7,9-10,16H2,1-2H3. The first-order valence-electron chi connectivity index (χ1n) is 6.83. The lowest BCUT2D eigenvalue weighted by Crippen LogP contribution is -2.40. The third-order valence-corrected chi connectivity index (χ3v) is 4.60. The zero-order chi connectivity index (χ0) is 13.8. The Labute approximate surface area is 119 Å². The molecule has 2 N–H and O–H groups in total. The molecule has 1 atom stereocenters. The van der Waals surface area contributed by atoms with Gasteiger partial charge in [-0.15, -0.1) is 11.8 Å². The van der Waals surface area contributed by atoms with Crippen molar-refractivity contribution in [1.82, 2.24) is 4.90 Å². The van der Waals surface area contributed by atoms with Crippen LogP contribution in [-0.4, -0.2) is 29.6 Å². The molecule has 3 nitrogen and oxygen atoms in total. The summed E-state index contributed by atoms with van der Waals surface area (Å²) in [6.07, 6.45) is 2.37. The van der Waals surface area contributed by atoms with E-state index >= 15 is 0 Å². The summed E-state index contributed by atoms with van der Waals surface area (Å²) in [5.74, 6) is 1.35. The quantitative estimate of drug-likeness (QED) is 0.683. The summed E-state index contributed by atoms with van der Waals surface area (Å²) in [4.78, 5) is 15.2. The summed E-state index contributed by atoms with van der Waals surface area (Å²) in [5.41, 5.74) is 7.88.